The summed E-state index contributed by atoms with van der Waals surface area (Å²) in [5.41, 5.74) is 0.00622. The number of carboxylic acid groups (broad SMARTS) is 1. The highest BCUT2D eigenvalue weighted by Crippen LogP contribution is 2.33. The van der Waals surface area contributed by atoms with Crippen LogP contribution in [0.5, 0.6) is 0 Å². The smallest absolute Gasteiger partial charge is 0.341 e. The van der Waals surface area contributed by atoms with Crippen LogP contribution in [0.3, 0.4) is 0 Å². The molecule has 38 heavy (non-hydrogen) atoms. The van der Waals surface area contributed by atoms with Crippen LogP contribution >= 0.6 is 0 Å². The maximum atomic E-state index is 14.2. The lowest BCUT2D eigenvalue weighted by molar-refractivity contribution is 0.0694. The highest BCUT2D eigenvalue weighted by atomic mass is 19.1. The lowest BCUT2D eigenvalue weighted by Crippen LogP contribution is -2.30. The van der Waals surface area contributed by atoms with Gasteiger partial charge in [-0.1, -0.05) is 20.8 Å². The Morgan fingerprint density at radius 2 is 1.63 bits per heavy atom. The Morgan fingerprint density at radius 1 is 1.03 bits per heavy atom. The molecule has 1 aliphatic rings. The topological polar surface area (TPSA) is 94.8 Å². The second-order valence-electron chi connectivity index (χ2n) is 9.96. The number of aliphatic hydroxyl groups excluding tert-OH is 1. The summed E-state index contributed by atoms with van der Waals surface area (Å²) in [7, 11) is 0. The fraction of sp³-hybridized carbons (Fsp3) is 0.429. The van der Waals surface area contributed by atoms with Crippen molar-refractivity contribution in [1.29, 1.82) is 0 Å². The first-order valence-corrected chi connectivity index (χ1v) is 12.7. The summed E-state index contributed by atoms with van der Waals surface area (Å²) in [4.78, 5) is 26.6. The first-order valence-electron chi connectivity index (χ1n) is 12.7. The fourth-order valence-electron chi connectivity index (χ4n) is 4.33. The van der Waals surface area contributed by atoms with Gasteiger partial charge in [0.25, 0.3) is 0 Å². The van der Waals surface area contributed by atoms with Crippen molar-refractivity contribution in [3.8, 4) is 0 Å². The van der Waals surface area contributed by atoms with Crippen LogP contribution in [-0.4, -0.2) is 40.4 Å². The third-order valence-electron chi connectivity index (χ3n) is 6.03. The van der Waals surface area contributed by atoms with Crippen LogP contribution in [-0.2, 0) is 13.1 Å². The number of pyridine rings is 1. The molecule has 1 fully saturated rings. The number of fused-ring (bicyclic) bond motifs is 1. The van der Waals surface area contributed by atoms with E-state index in [1.807, 2.05) is 0 Å². The number of benzene rings is 2. The van der Waals surface area contributed by atoms with Crippen molar-refractivity contribution < 1.29 is 28.2 Å². The molecule has 10 heteroatoms. The first kappa shape index (κ1) is 29.0. The van der Waals surface area contributed by atoms with Gasteiger partial charge < -0.3 is 25.0 Å². The molecule has 0 unspecified atom stereocenters. The second kappa shape index (κ2) is 12.8. The van der Waals surface area contributed by atoms with Crippen LogP contribution < -0.4 is 15.6 Å². The predicted molar refractivity (Wildman–Crippen MR) is 142 cm³/mol. The number of aromatic carboxylic acids is 1. The molecule has 3 aromatic rings. The third-order valence-corrected chi connectivity index (χ3v) is 6.03. The molecule has 0 atom stereocenters. The molecular weight excluding hydrogens is 499 g/mol. The summed E-state index contributed by atoms with van der Waals surface area (Å²) in [6.07, 6.45) is 4.16. The minimum atomic E-state index is -1.40. The van der Waals surface area contributed by atoms with E-state index in [9.17, 15) is 33.0 Å². The van der Waals surface area contributed by atoms with Crippen molar-refractivity contribution in [2.45, 2.75) is 53.1 Å². The van der Waals surface area contributed by atoms with Gasteiger partial charge in [-0.3, -0.25) is 4.79 Å². The highest BCUT2D eigenvalue weighted by molar-refractivity contribution is 5.96. The standard InChI is InChI=1S/C24H24F3N3O4.C4H10/c25-14-8-18(26)16(19(27)9-14)12-28-20-10-15-21(11-22(20)29-4-2-1-3-5-29)30(6-7-31)13-17(23(15)32)24(33)34;1-4(2)3/h8-11,13,28,31H,1-7,12H2,(H,33,34);4H,1-3H3. The van der Waals surface area contributed by atoms with E-state index < -0.39 is 34.4 Å². The molecule has 0 saturated carbocycles. The zero-order chi connectivity index (χ0) is 28.0. The van der Waals surface area contributed by atoms with Crippen LogP contribution in [0.15, 0.2) is 35.3 Å². The van der Waals surface area contributed by atoms with Crippen molar-refractivity contribution >= 4 is 28.2 Å². The molecule has 2 heterocycles. The molecule has 0 radical (unpaired) electrons. The summed E-state index contributed by atoms with van der Waals surface area (Å²) >= 11 is 0. The Balaban J connectivity index is 0.000000934. The van der Waals surface area contributed by atoms with E-state index in [2.05, 4.69) is 31.0 Å². The third kappa shape index (κ3) is 6.86. The molecule has 0 aliphatic carbocycles. The fourth-order valence-corrected chi connectivity index (χ4v) is 4.33. The van der Waals surface area contributed by atoms with Crippen LogP contribution in [0, 0.1) is 23.4 Å². The van der Waals surface area contributed by atoms with Gasteiger partial charge in [-0.05, 0) is 37.3 Å². The zero-order valence-electron chi connectivity index (χ0n) is 21.9. The van der Waals surface area contributed by atoms with Gasteiger partial charge in [0.1, 0.15) is 23.0 Å². The summed E-state index contributed by atoms with van der Waals surface area (Å²) in [6.45, 7) is 7.47. The molecule has 2 aromatic carbocycles. The van der Waals surface area contributed by atoms with Gasteiger partial charge in [0.2, 0.25) is 5.43 Å². The summed E-state index contributed by atoms with van der Waals surface area (Å²) in [5.74, 6) is -3.67. The number of carbonyl (C=O) groups is 1. The molecule has 1 aromatic heterocycles. The van der Waals surface area contributed by atoms with Crippen LogP contribution in [0.4, 0.5) is 24.5 Å². The van der Waals surface area contributed by atoms with Crippen molar-refractivity contribution in [2.24, 2.45) is 5.92 Å². The molecule has 0 bridgehead atoms. The molecule has 0 spiro atoms. The number of halogens is 3. The van der Waals surface area contributed by atoms with E-state index in [4.69, 9.17) is 0 Å². The number of nitrogens with one attached hydrogen (secondary N) is 1. The van der Waals surface area contributed by atoms with E-state index in [0.717, 1.165) is 38.3 Å². The largest absolute Gasteiger partial charge is 0.477 e. The summed E-state index contributed by atoms with van der Waals surface area (Å²) in [6, 6.07) is 4.39. The van der Waals surface area contributed by atoms with Gasteiger partial charge in [0, 0.05) is 55.5 Å². The number of aromatic nitrogens is 1. The van der Waals surface area contributed by atoms with Crippen molar-refractivity contribution in [3.05, 3.63) is 69.3 Å². The van der Waals surface area contributed by atoms with Gasteiger partial charge in [-0.2, -0.15) is 0 Å². The Labute approximate surface area is 219 Å². The van der Waals surface area contributed by atoms with E-state index >= 15 is 0 Å². The second-order valence-corrected chi connectivity index (χ2v) is 9.96. The molecule has 3 N–H and O–H groups in total. The number of carboxylic acids is 1. The Morgan fingerprint density at radius 3 is 2.18 bits per heavy atom. The molecule has 0 amide bonds. The minimum absolute atomic E-state index is 0.0786. The molecule has 7 nitrogen and oxygen atoms in total. The maximum absolute atomic E-state index is 14.2. The molecule has 1 saturated heterocycles. The van der Waals surface area contributed by atoms with Gasteiger partial charge in [0.05, 0.1) is 23.5 Å². The Hall–Kier alpha value is -3.53. The quantitative estimate of drug-likeness (QED) is 0.378. The van der Waals surface area contributed by atoms with E-state index in [1.54, 1.807) is 6.07 Å². The average Bonchev–Trinajstić information content (AvgIpc) is 2.85. The number of rotatable bonds is 7. The van der Waals surface area contributed by atoms with Crippen molar-refractivity contribution in [3.63, 3.8) is 0 Å². The monoisotopic (exact) mass is 533 g/mol. The molecule has 206 valence electrons. The number of anilines is 2. The Bertz CT molecular complexity index is 1330. The van der Waals surface area contributed by atoms with Gasteiger partial charge in [-0.15, -0.1) is 0 Å². The van der Waals surface area contributed by atoms with E-state index in [-0.39, 0.29) is 30.6 Å². The molecular formula is C28H34F3N3O4. The zero-order valence-corrected chi connectivity index (χ0v) is 21.9. The minimum Gasteiger partial charge on any atom is -0.477 e. The first-order chi connectivity index (χ1) is 18.0. The van der Waals surface area contributed by atoms with Crippen LogP contribution in [0.25, 0.3) is 10.9 Å². The average molecular weight is 534 g/mol. The van der Waals surface area contributed by atoms with Crippen LogP contribution in [0.1, 0.15) is 56.0 Å². The van der Waals surface area contributed by atoms with Gasteiger partial charge in [-0.25, -0.2) is 18.0 Å². The van der Waals surface area contributed by atoms with Gasteiger partial charge >= 0.3 is 5.97 Å². The normalized spacial score (nSPS) is 13.4. The number of hydrogen-bond acceptors (Lipinski definition) is 5. The Kier molecular flexibility index (Phi) is 9.79. The maximum Gasteiger partial charge on any atom is 0.341 e. The number of nitrogens with zero attached hydrogens (tertiary/aromatic N) is 2. The highest BCUT2D eigenvalue weighted by Gasteiger charge is 2.21. The summed E-state index contributed by atoms with van der Waals surface area (Å²) in [5, 5.41) is 22.0. The SMILES string of the molecule is CC(C)C.O=C(O)c1cn(CCO)c2cc(N3CCCCC3)c(NCc3c(F)cc(F)cc3F)cc2c1=O. The molecule has 4 rings (SSSR count). The van der Waals surface area contributed by atoms with E-state index in [0.29, 0.717) is 29.0 Å². The number of hydrogen-bond donors (Lipinski definition) is 3. The summed E-state index contributed by atoms with van der Waals surface area (Å²) < 4.78 is 43.2. The lowest BCUT2D eigenvalue weighted by atomic mass is 10.1. The van der Waals surface area contributed by atoms with Crippen molar-refractivity contribution in [1.82, 2.24) is 4.57 Å². The number of piperidine rings is 1. The van der Waals surface area contributed by atoms with Crippen molar-refractivity contribution in [2.75, 3.05) is 29.9 Å². The molecule has 1 aliphatic heterocycles. The van der Waals surface area contributed by atoms with Crippen LogP contribution in [0.2, 0.25) is 0 Å². The predicted octanol–water partition coefficient (Wildman–Crippen LogP) is 5.37. The lowest BCUT2D eigenvalue weighted by Gasteiger charge is -2.31. The van der Waals surface area contributed by atoms with E-state index in [1.165, 1.54) is 16.8 Å². The number of aliphatic hydroxyl groups is 1. The van der Waals surface area contributed by atoms with Gasteiger partial charge in [0.15, 0.2) is 0 Å².